The van der Waals surface area contributed by atoms with E-state index in [9.17, 15) is 18.0 Å². The molecule has 26 heavy (non-hydrogen) atoms. The molecular weight excluding hydrogens is 367 g/mol. The highest BCUT2D eigenvalue weighted by molar-refractivity contribution is 7.17. The number of hydrogen-bond donors (Lipinski definition) is 1. The summed E-state index contributed by atoms with van der Waals surface area (Å²) in [5, 5.41) is 4.39. The summed E-state index contributed by atoms with van der Waals surface area (Å²) in [6, 6.07) is 3.09. The van der Waals surface area contributed by atoms with Crippen molar-refractivity contribution in [1.29, 1.82) is 0 Å². The zero-order chi connectivity index (χ0) is 19.1. The fraction of sp³-hybridized carbons (Fsp3) is 0.375. The van der Waals surface area contributed by atoms with Gasteiger partial charge in [0.2, 0.25) is 5.95 Å². The van der Waals surface area contributed by atoms with Crippen LogP contribution >= 0.6 is 11.3 Å². The van der Waals surface area contributed by atoms with E-state index < -0.39 is 18.6 Å². The Morgan fingerprint density at radius 2 is 2.12 bits per heavy atom. The molecule has 3 aromatic rings. The molecule has 0 radical (unpaired) electrons. The van der Waals surface area contributed by atoms with Gasteiger partial charge in [-0.05, 0) is 17.5 Å². The van der Waals surface area contributed by atoms with Gasteiger partial charge in [-0.1, -0.05) is 0 Å². The number of rotatable bonds is 5. The Bertz CT molecular complexity index is 938. The first kappa shape index (κ1) is 18.3. The zero-order valence-electron chi connectivity index (χ0n) is 14.5. The molecule has 0 aliphatic heterocycles. The molecule has 0 atom stereocenters. The maximum atomic E-state index is 12.9. The molecule has 0 aliphatic rings. The lowest BCUT2D eigenvalue weighted by molar-refractivity contribution is -0.140. The Balaban J connectivity index is 1.82. The summed E-state index contributed by atoms with van der Waals surface area (Å²) >= 11 is 1.30. The van der Waals surface area contributed by atoms with E-state index in [1.807, 2.05) is 30.6 Å². The van der Waals surface area contributed by atoms with Gasteiger partial charge in [0, 0.05) is 21.1 Å². The minimum atomic E-state index is -4.41. The molecule has 0 aromatic carbocycles. The molecule has 0 saturated heterocycles. The van der Waals surface area contributed by atoms with Crippen molar-refractivity contribution in [3.05, 3.63) is 35.1 Å². The molecule has 10 heteroatoms. The molecule has 0 saturated carbocycles. The molecule has 0 spiro atoms. The minimum absolute atomic E-state index is 0.000763. The van der Waals surface area contributed by atoms with Crippen LogP contribution in [0.5, 0.6) is 0 Å². The number of imidazole rings is 1. The Morgan fingerprint density at radius 1 is 1.38 bits per heavy atom. The van der Waals surface area contributed by atoms with Crippen molar-refractivity contribution in [3.8, 4) is 0 Å². The van der Waals surface area contributed by atoms with E-state index in [0.717, 1.165) is 16.2 Å². The lowest BCUT2D eigenvalue weighted by Crippen LogP contribution is -2.28. The maximum absolute atomic E-state index is 12.9. The highest BCUT2D eigenvalue weighted by Gasteiger charge is 2.31. The van der Waals surface area contributed by atoms with E-state index in [1.165, 1.54) is 17.4 Å². The number of nitrogens with zero attached hydrogens (tertiary/aromatic N) is 4. The number of hydrogen-bond acceptors (Lipinski definition) is 4. The van der Waals surface area contributed by atoms with Crippen molar-refractivity contribution in [2.75, 3.05) is 19.0 Å². The molecule has 1 amide bonds. The van der Waals surface area contributed by atoms with Crippen molar-refractivity contribution in [2.45, 2.75) is 19.3 Å². The molecular formula is C16H18F3N5OS. The number of thiophene rings is 1. The van der Waals surface area contributed by atoms with Gasteiger partial charge in [0.25, 0.3) is 5.91 Å². The number of anilines is 1. The van der Waals surface area contributed by atoms with Crippen LogP contribution in [0, 0.1) is 0 Å². The van der Waals surface area contributed by atoms with E-state index >= 15 is 0 Å². The average molecular weight is 385 g/mol. The van der Waals surface area contributed by atoms with Crippen molar-refractivity contribution in [2.24, 2.45) is 7.05 Å². The first-order valence-corrected chi connectivity index (χ1v) is 8.65. The second kappa shape index (κ2) is 6.67. The Kier molecular flexibility index (Phi) is 4.70. The quantitative estimate of drug-likeness (QED) is 0.735. The minimum Gasteiger partial charge on any atom is -0.348 e. The van der Waals surface area contributed by atoms with Crippen LogP contribution < -0.4 is 10.2 Å². The fourth-order valence-corrected chi connectivity index (χ4v) is 3.61. The van der Waals surface area contributed by atoms with E-state index in [1.54, 1.807) is 17.6 Å². The topological polar surface area (TPSA) is 55.1 Å². The molecule has 3 rings (SSSR count). The molecule has 0 bridgehead atoms. The third kappa shape index (κ3) is 3.55. The van der Waals surface area contributed by atoms with E-state index in [0.29, 0.717) is 10.2 Å². The number of aromatic nitrogens is 3. The standard InChI is InChI=1S/C16H18F3N5OS/c1-22(2)15-21-8-10(23(15)3)7-20-14(25)12-6-13-11(4-5-26-13)24(12)9-16(17,18)19/h4-6,8H,7,9H2,1-3H3,(H,20,25). The third-order valence-corrected chi connectivity index (χ3v) is 4.84. The van der Waals surface area contributed by atoms with Crippen LogP contribution in [0.2, 0.25) is 0 Å². The molecule has 0 unspecified atom stereocenters. The predicted octanol–water partition coefficient (Wildman–Crippen LogP) is 2.99. The van der Waals surface area contributed by atoms with Gasteiger partial charge in [0.05, 0.1) is 28.7 Å². The Labute approximate surface area is 151 Å². The predicted molar refractivity (Wildman–Crippen MR) is 94.6 cm³/mol. The van der Waals surface area contributed by atoms with Crippen molar-refractivity contribution >= 4 is 33.4 Å². The van der Waals surface area contributed by atoms with Gasteiger partial charge in [-0.25, -0.2) is 4.98 Å². The fourth-order valence-electron chi connectivity index (χ4n) is 2.79. The Hall–Kier alpha value is -2.49. The van der Waals surface area contributed by atoms with Gasteiger partial charge in [-0.2, -0.15) is 13.2 Å². The van der Waals surface area contributed by atoms with E-state index in [2.05, 4.69) is 10.3 Å². The van der Waals surface area contributed by atoms with Crippen LogP contribution in [0.3, 0.4) is 0 Å². The summed E-state index contributed by atoms with van der Waals surface area (Å²) in [4.78, 5) is 18.6. The van der Waals surface area contributed by atoms with Gasteiger partial charge >= 0.3 is 6.18 Å². The van der Waals surface area contributed by atoms with E-state index in [4.69, 9.17) is 0 Å². The molecule has 6 nitrogen and oxygen atoms in total. The molecule has 140 valence electrons. The number of fused-ring (bicyclic) bond motifs is 1. The number of nitrogens with one attached hydrogen (secondary N) is 1. The lowest BCUT2D eigenvalue weighted by Gasteiger charge is -2.14. The van der Waals surface area contributed by atoms with Gasteiger partial charge in [0.15, 0.2) is 0 Å². The van der Waals surface area contributed by atoms with Crippen LogP contribution in [0.15, 0.2) is 23.7 Å². The van der Waals surface area contributed by atoms with Crippen molar-refractivity contribution in [3.63, 3.8) is 0 Å². The number of amides is 1. The second-order valence-electron chi connectivity index (χ2n) is 6.09. The monoisotopic (exact) mass is 385 g/mol. The molecule has 3 heterocycles. The summed E-state index contributed by atoms with van der Waals surface area (Å²) in [6.07, 6.45) is -2.78. The summed E-state index contributed by atoms with van der Waals surface area (Å²) in [7, 11) is 5.51. The molecule has 0 aliphatic carbocycles. The van der Waals surface area contributed by atoms with Crippen LogP contribution in [0.25, 0.3) is 10.2 Å². The molecule has 0 fully saturated rings. The summed E-state index contributed by atoms with van der Waals surface area (Å²) < 4.78 is 42.2. The van der Waals surface area contributed by atoms with E-state index in [-0.39, 0.29) is 12.2 Å². The number of carbonyl (C=O) groups is 1. The number of halogens is 3. The molecule has 3 aromatic heterocycles. The number of alkyl halides is 3. The zero-order valence-corrected chi connectivity index (χ0v) is 15.3. The van der Waals surface area contributed by atoms with Crippen molar-refractivity contribution in [1.82, 2.24) is 19.4 Å². The SMILES string of the molecule is CN(C)c1ncc(CNC(=O)c2cc3sccc3n2CC(F)(F)F)n1C. The van der Waals surface area contributed by atoms with Gasteiger partial charge < -0.3 is 19.4 Å². The highest BCUT2D eigenvalue weighted by atomic mass is 32.1. The van der Waals surface area contributed by atoms with Crippen LogP contribution in [-0.2, 0) is 20.1 Å². The summed E-state index contributed by atoms with van der Waals surface area (Å²) in [6.45, 7) is -1.03. The lowest BCUT2D eigenvalue weighted by atomic mass is 10.3. The van der Waals surface area contributed by atoms with Gasteiger partial charge in [0.1, 0.15) is 12.2 Å². The maximum Gasteiger partial charge on any atom is 0.406 e. The average Bonchev–Trinajstić information content (AvgIpc) is 3.20. The normalized spacial score (nSPS) is 11.9. The van der Waals surface area contributed by atoms with Crippen molar-refractivity contribution < 1.29 is 18.0 Å². The Morgan fingerprint density at radius 3 is 2.73 bits per heavy atom. The van der Waals surface area contributed by atoms with Crippen LogP contribution in [0.4, 0.5) is 19.1 Å². The second-order valence-corrected chi connectivity index (χ2v) is 7.03. The first-order chi connectivity index (χ1) is 12.2. The van der Waals surface area contributed by atoms with Gasteiger partial charge in [-0.15, -0.1) is 11.3 Å². The largest absolute Gasteiger partial charge is 0.406 e. The molecule has 1 N–H and O–H groups in total. The smallest absolute Gasteiger partial charge is 0.348 e. The van der Waals surface area contributed by atoms with Gasteiger partial charge in [-0.3, -0.25) is 4.79 Å². The van der Waals surface area contributed by atoms with Crippen LogP contribution in [0.1, 0.15) is 16.2 Å². The number of carbonyl (C=O) groups excluding carboxylic acids is 1. The highest BCUT2D eigenvalue weighted by Crippen LogP contribution is 2.29. The third-order valence-electron chi connectivity index (χ3n) is 3.98. The summed E-state index contributed by atoms with van der Waals surface area (Å²) in [5.41, 5.74) is 1.16. The summed E-state index contributed by atoms with van der Waals surface area (Å²) in [5.74, 6) is 0.167. The van der Waals surface area contributed by atoms with Crippen LogP contribution in [-0.4, -0.2) is 40.3 Å². The first-order valence-electron chi connectivity index (χ1n) is 7.77.